The fraction of sp³-hybridized carbons (Fsp3) is 0.238. The van der Waals surface area contributed by atoms with Crippen LogP contribution in [0.25, 0.3) is 11.1 Å². The Labute approximate surface area is 157 Å². The van der Waals surface area contributed by atoms with E-state index in [-0.39, 0.29) is 11.2 Å². The average molecular weight is 363 g/mol. The number of hydrogen-bond donors (Lipinski definition) is 1. The summed E-state index contributed by atoms with van der Waals surface area (Å²) in [4.78, 5) is 17.2. The lowest BCUT2D eigenvalue weighted by Gasteiger charge is -2.15. The predicted molar refractivity (Wildman–Crippen MR) is 106 cm³/mol. The van der Waals surface area contributed by atoms with Crippen LogP contribution >= 0.6 is 11.8 Å². The van der Waals surface area contributed by atoms with Crippen LogP contribution in [0.2, 0.25) is 0 Å². The minimum absolute atomic E-state index is 0.0104. The second-order valence-electron chi connectivity index (χ2n) is 6.51. The summed E-state index contributed by atoms with van der Waals surface area (Å²) in [5.41, 5.74) is 2.95. The van der Waals surface area contributed by atoms with Crippen LogP contribution in [0.3, 0.4) is 0 Å². The van der Waals surface area contributed by atoms with Crippen molar-refractivity contribution in [2.45, 2.75) is 36.2 Å². The van der Waals surface area contributed by atoms with Gasteiger partial charge in [-0.1, -0.05) is 60.3 Å². The van der Waals surface area contributed by atoms with Crippen molar-refractivity contribution in [1.82, 2.24) is 9.55 Å². The van der Waals surface area contributed by atoms with Crippen LogP contribution < -0.4 is 5.32 Å². The van der Waals surface area contributed by atoms with Crippen LogP contribution in [0.5, 0.6) is 0 Å². The highest BCUT2D eigenvalue weighted by molar-refractivity contribution is 8.00. The van der Waals surface area contributed by atoms with E-state index in [9.17, 15) is 4.79 Å². The van der Waals surface area contributed by atoms with Gasteiger partial charge in [-0.15, -0.1) is 0 Å². The average Bonchev–Trinajstić information content (AvgIpc) is 3.42. The fourth-order valence-electron chi connectivity index (χ4n) is 2.93. The van der Waals surface area contributed by atoms with E-state index in [0.717, 1.165) is 22.0 Å². The highest BCUT2D eigenvalue weighted by Crippen LogP contribution is 2.38. The first-order chi connectivity index (χ1) is 12.7. The van der Waals surface area contributed by atoms with Crippen molar-refractivity contribution in [1.29, 1.82) is 0 Å². The molecule has 4 rings (SSSR count). The molecule has 3 aromatic rings. The first kappa shape index (κ1) is 16.9. The molecule has 4 nitrogen and oxygen atoms in total. The third-order valence-electron chi connectivity index (χ3n) is 4.49. The molecule has 26 heavy (non-hydrogen) atoms. The minimum Gasteiger partial charge on any atom is -0.325 e. The number of carbonyl (C=O) groups is 1. The molecule has 132 valence electrons. The van der Waals surface area contributed by atoms with Gasteiger partial charge < -0.3 is 9.88 Å². The molecule has 0 bridgehead atoms. The number of aromatic nitrogens is 2. The van der Waals surface area contributed by atoms with Gasteiger partial charge in [0.1, 0.15) is 0 Å². The summed E-state index contributed by atoms with van der Waals surface area (Å²) in [5.74, 6) is -0.0104. The third kappa shape index (κ3) is 3.68. The van der Waals surface area contributed by atoms with E-state index in [1.54, 1.807) is 0 Å². The third-order valence-corrected chi connectivity index (χ3v) is 5.59. The summed E-state index contributed by atoms with van der Waals surface area (Å²) in [6.07, 6.45) is 6.23. The standard InChI is InChI=1S/C21H21N3OS/c1-15(26-21-22-13-14-24(21)17-11-12-17)20(25)23-19-10-6-5-9-18(19)16-7-3-2-4-8-16/h2-10,13-15,17H,11-12H2,1H3,(H,23,25). The van der Waals surface area contributed by atoms with Crippen LogP contribution in [-0.2, 0) is 4.79 Å². The van der Waals surface area contributed by atoms with Gasteiger partial charge in [-0.05, 0) is 31.4 Å². The molecule has 1 heterocycles. The van der Waals surface area contributed by atoms with Crippen LogP contribution in [0.1, 0.15) is 25.8 Å². The van der Waals surface area contributed by atoms with E-state index in [4.69, 9.17) is 0 Å². The van der Waals surface area contributed by atoms with Crippen LogP contribution in [-0.4, -0.2) is 20.7 Å². The molecule has 1 N–H and O–H groups in total. The number of nitrogens with one attached hydrogen (secondary N) is 1. The van der Waals surface area contributed by atoms with E-state index in [1.807, 2.05) is 61.8 Å². The van der Waals surface area contributed by atoms with Gasteiger partial charge in [0.05, 0.1) is 5.25 Å². The number of anilines is 1. The number of nitrogens with zero attached hydrogens (tertiary/aromatic N) is 2. The molecule has 5 heteroatoms. The monoisotopic (exact) mass is 363 g/mol. The molecule has 0 spiro atoms. The van der Waals surface area contributed by atoms with Crippen LogP contribution in [0.15, 0.2) is 72.1 Å². The van der Waals surface area contributed by atoms with Crippen LogP contribution in [0.4, 0.5) is 5.69 Å². The lowest BCUT2D eigenvalue weighted by Crippen LogP contribution is -2.23. The topological polar surface area (TPSA) is 46.9 Å². The Morgan fingerprint density at radius 2 is 1.88 bits per heavy atom. The Bertz CT molecular complexity index is 902. The Morgan fingerprint density at radius 1 is 1.15 bits per heavy atom. The number of thioether (sulfide) groups is 1. The zero-order valence-electron chi connectivity index (χ0n) is 14.6. The molecule has 1 atom stereocenters. The second-order valence-corrected chi connectivity index (χ2v) is 7.82. The van der Waals surface area contributed by atoms with E-state index in [2.05, 4.69) is 27.0 Å². The minimum atomic E-state index is -0.223. The van der Waals surface area contributed by atoms with E-state index in [0.29, 0.717) is 6.04 Å². The molecule has 0 saturated heterocycles. The zero-order chi connectivity index (χ0) is 17.9. The van der Waals surface area contributed by atoms with Crippen molar-refractivity contribution in [3.8, 4) is 11.1 Å². The molecule has 0 aliphatic heterocycles. The smallest absolute Gasteiger partial charge is 0.237 e. The normalized spacial score (nSPS) is 14.8. The summed E-state index contributed by atoms with van der Waals surface area (Å²) in [6.45, 7) is 1.93. The maximum atomic E-state index is 12.8. The van der Waals surface area contributed by atoms with Crippen molar-refractivity contribution >= 4 is 23.4 Å². The summed E-state index contributed by atoms with van der Waals surface area (Å²) in [6, 6.07) is 18.6. The maximum Gasteiger partial charge on any atom is 0.237 e. The lowest BCUT2D eigenvalue weighted by atomic mass is 10.0. The summed E-state index contributed by atoms with van der Waals surface area (Å²) in [7, 11) is 0. The highest BCUT2D eigenvalue weighted by atomic mass is 32.2. The van der Waals surface area contributed by atoms with Gasteiger partial charge in [-0.25, -0.2) is 4.98 Å². The zero-order valence-corrected chi connectivity index (χ0v) is 15.4. The number of benzene rings is 2. The number of carbonyl (C=O) groups excluding carboxylic acids is 1. The van der Waals surface area contributed by atoms with Gasteiger partial charge in [-0.3, -0.25) is 4.79 Å². The molecule has 1 aliphatic carbocycles. The predicted octanol–water partition coefficient (Wildman–Crippen LogP) is 5.00. The Kier molecular flexibility index (Phi) is 4.80. The van der Waals surface area contributed by atoms with Crippen molar-refractivity contribution < 1.29 is 4.79 Å². The number of hydrogen-bond acceptors (Lipinski definition) is 3. The molecular formula is C21H21N3OS. The molecule has 1 unspecified atom stereocenters. The summed E-state index contributed by atoms with van der Waals surface area (Å²) in [5, 5.41) is 3.79. The Hall–Kier alpha value is -2.53. The molecule has 1 fully saturated rings. The Balaban J connectivity index is 1.49. The molecule has 0 radical (unpaired) electrons. The van der Waals surface area contributed by atoms with Crippen molar-refractivity contribution in [3.05, 3.63) is 67.0 Å². The van der Waals surface area contributed by atoms with Gasteiger partial charge in [0, 0.05) is 29.7 Å². The van der Waals surface area contributed by atoms with E-state index < -0.39 is 0 Å². The van der Waals surface area contributed by atoms with Gasteiger partial charge in [-0.2, -0.15) is 0 Å². The summed E-state index contributed by atoms with van der Waals surface area (Å²) >= 11 is 1.51. The van der Waals surface area contributed by atoms with Crippen molar-refractivity contribution in [3.63, 3.8) is 0 Å². The first-order valence-corrected chi connectivity index (χ1v) is 9.75. The highest BCUT2D eigenvalue weighted by Gasteiger charge is 2.27. The molecule has 1 amide bonds. The number of rotatable bonds is 6. The Morgan fingerprint density at radius 3 is 2.65 bits per heavy atom. The quantitative estimate of drug-likeness (QED) is 0.627. The number of imidazole rings is 1. The van der Waals surface area contributed by atoms with Gasteiger partial charge in [0.15, 0.2) is 5.16 Å². The number of para-hydroxylation sites is 1. The summed E-state index contributed by atoms with van der Waals surface area (Å²) < 4.78 is 2.19. The van der Waals surface area contributed by atoms with Gasteiger partial charge in [0.2, 0.25) is 5.91 Å². The van der Waals surface area contributed by atoms with Gasteiger partial charge >= 0.3 is 0 Å². The second kappa shape index (κ2) is 7.38. The lowest BCUT2D eigenvalue weighted by molar-refractivity contribution is -0.115. The molecule has 1 aliphatic rings. The molecular weight excluding hydrogens is 342 g/mol. The van der Waals surface area contributed by atoms with E-state index >= 15 is 0 Å². The van der Waals surface area contributed by atoms with Crippen molar-refractivity contribution in [2.24, 2.45) is 0 Å². The van der Waals surface area contributed by atoms with Crippen LogP contribution in [0, 0.1) is 0 Å². The molecule has 2 aromatic carbocycles. The molecule has 1 saturated carbocycles. The maximum absolute atomic E-state index is 12.8. The number of amides is 1. The fourth-order valence-corrected chi connectivity index (χ4v) is 3.86. The largest absolute Gasteiger partial charge is 0.325 e. The molecule has 1 aromatic heterocycles. The first-order valence-electron chi connectivity index (χ1n) is 8.87. The SMILES string of the molecule is CC(Sc1nccn1C1CC1)C(=O)Nc1ccccc1-c1ccccc1. The van der Waals surface area contributed by atoms with Crippen molar-refractivity contribution in [2.75, 3.05) is 5.32 Å². The van der Waals surface area contributed by atoms with E-state index in [1.165, 1.54) is 24.6 Å². The van der Waals surface area contributed by atoms with Gasteiger partial charge in [0.25, 0.3) is 0 Å².